The Kier molecular flexibility index (Phi) is 2.60. The Morgan fingerprint density at radius 3 is 2.93 bits per heavy atom. The van der Waals surface area contributed by atoms with E-state index in [0.717, 1.165) is 15.9 Å². The molecule has 72 valence electrons. The second kappa shape index (κ2) is 3.89. The van der Waals surface area contributed by atoms with Gasteiger partial charge >= 0.3 is 0 Å². The van der Waals surface area contributed by atoms with Crippen molar-refractivity contribution in [3.05, 3.63) is 41.0 Å². The highest BCUT2D eigenvalue weighted by Gasteiger charge is 2.03. The van der Waals surface area contributed by atoms with Gasteiger partial charge < -0.3 is 5.11 Å². The smallest absolute Gasteiger partial charge is 0.152 e. The fourth-order valence-corrected chi connectivity index (χ4v) is 1.73. The average Bonchev–Trinajstić information content (AvgIpc) is 2.70. The van der Waals surface area contributed by atoms with Gasteiger partial charge in [-0.2, -0.15) is 0 Å². The monoisotopic (exact) mass is 253 g/mol. The summed E-state index contributed by atoms with van der Waals surface area (Å²) in [6.07, 6.45) is 6.81. The molecule has 4 nitrogen and oxygen atoms in total. The lowest BCUT2D eigenvalue weighted by molar-refractivity contribution is 0.281. The van der Waals surface area contributed by atoms with Crippen molar-refractivity contribution in [3.63, 3.8) is 0 Å². The molecular formula is C9H8BrN3O. The molecule has 0 aromatic carbocycles. The average molecular weight is 254 g/mol. The van der Waals surface area contributed by atoms with E-state index >= 15 is 0 Å². The summed E-state index contributed by atoms with van der Waals surface area (Å²) in [5.41, 5.74) is 0.778. The zero-order valence-corrected chi connectivity index (χ0v) is 8.85. The summed E-state index contributed by atoms with van der Waals surface area (Å²) in [6.45, 7) is -0.00416. The number of pyridine rings is 1. The van der Waals surface area contributed by atoms with Crippen LogP contribution in [0.25, 0.3) is 5.82 Å². The Morgan fingerprint density at radius 1 is 1.50 bits per heavy atom. The van der Waals surface area contributed by atoms with Crippen LogP contribution in [0.4, 0.5) is 0 Å². The van der Waals surface area contributed by atoms with Crippen LogP contribution >= 0.6 is 15.9 Å². The van der Waals surface area contributed by atoms with Gasteiger partial charge in [0.1, 0.15) is 6.33 Å². The van der Waals surface area contributed by atoms with Gasteiger partial charge in [0.2, 0.25) is 0 Å². The fourth-order valence-electron chi connectivity index (χ4n) is 1.13. The van der Waals surface area contributed by atoms with Crippen LogP contribution in [0.15, 0.2) is 35.5 Å². The van der Waals surface area contributed by atoms with E-state index in [1.54, 1.807) is 23.3 Å². The maximum atomic E-state index is 8.90. The molecule has 0 fully saturated rings. The number of hydrogen-bond donors (Lipinski definition) is 1. The van der Waals surface area contributed by atoms with Gasteiger partial charge in [-0.1, -0.05) is 0 Å². The molecule has 0 aliphatic heterocycles. The molecule has 2 aromatic rings. The van der Waals surface area contributed by atoms with E-state index in [-0.39, 0.29) is 6.61 Å². The highest BCUT2D eigenvalue weighted by Crippen LogP contribution is 2.19. The molecule has 2 rings (SSSR count). The Morgan fingerprint density at radius 2 is 2.36 bits per heavy atom. The zero-order chi connectivity index (χ0) is 9.97. The topological polar surface area (TPSA) is 50.9 Å². The summed E-state index contributed by atoms with van der Waals surface area (Å²) in [5.74, 6) is 0.764. The van der Waals surface area contributed by atoms with Crippen molar-refractivity contribution in [2.75, 3.05) is 0 Å². The van der Waals surface area contributed by atoms with E-state index < -0.39 is 0 Å². The number of nitrogens with zero attached hydrogens (tertiary/aromatic N) is 3. The van der Waals surface area contributed by atoms with E-state index in [0.29, 0.717) is 0 Å². The Balaban J connectivity index is 2.46. The number of halogens is 1. The van der Waals surface area contributed by atoms with Crippen molar-refractivity contribution in [2.45, 2.75) is 6.61 Å². The lowest BCUT2D eigenvalue weighted by atomic mass is 10.3. The van der Waals surface area contributed by atoms with Crippen molar-refractivity contribution in [1.29, 1.82) is 0 Å². The minimum Gasteiger partial charge on any atom is -0.392 e. The molecule has 14 heavy (non-hydrogen) atoms. The number of hydrogen-bond acceptors (Lipinski definition) is 3. The third-order valence-electron chi connectivity index (χ3n) is 1.81. The van der Waals surface area contributed by atoms with Crippen LogP contribution in [0.5, 0.6) is 0 Å². The molecule has 0 saturated heterocycles. The van der Waals surface area contributed by atoms with Crippen LogP contribution in [0, 0.1) is 0 Å². The van der Waals surface area contributed by atoms with Gasteiger partial charge in [-0.05, 0) is 27.6 Å². The fraction of sp³-hybridized carbons (Fsp3) is 0.111. The number of imidazole rings is 1. The number of rotatable bonds is 2. The minimum atomic E-state index is -0.00416. The summed E-state index contributed by atoms with van der Waals surface area (Å²) >= 11 is 3.39. The molecule has 0 saturated carbocycles. The van der Waals surface area contributed by atoms with Crippen molar-refractivity contribution in [1.82, 2.24) is 14.5 Å². The number of aliphatic hydroxyl groups is 1. The molecule has 0 spiro atoms. The number of aliphatic hydroxyl groups excluding tert-OH is 1. The molecule has 2 aromatic heterocycles. The van der Waals surface area contributed by atoms with Gasteiger partial charge in [-0.3, -0.25) is 4.57 Å². The standard InChI is InChI=1S/C9H8BrN3O/c10-8-3-7(5-14)4-12-9(8)13-2-1-11-6-13/h1-4,6,14H,5H2. The van der Waals surface area contributed by atoms with E-state index in [1.165, 1.54) is 0 Å². The summed E-state index contributed by atoms with van der Waals surface area (Å²) in [6, 6.07) is 1.84. The highest BCUT2D eigenvalue weighted by molar-refractivity contribution is 9.10. The van der Waals surface area contributed by atoms with E-state index in [9.17, 15) is 0 Å². The van der Waals surface area contributed by atoms with Gasteiger partial charge in [0.05, 0.1) is 11.1 Å². The van der Waals surface area contributed by atoms with Crippen molar-refractivity contribution < 1.29 is 5.11 Å². The summed E-state index contributed by atoms with van der Waals surface area (Å²) < 4.78 is 2.63. The van der Waals surface area contributed by atoms with Crippen LogP contribution in [0.2, 0.25) is 0 Å². The molecule has 1 N–H and O–H groups in total. The van der Waals surface area contributed by atoms with E-state index in [1.807, 2.05) is 12.3 Å². The maximum absolute atomic E-state index is 8.90. The zero-order valence-electron chi connectivity index (χ0n) is 7.26. The van der Waals surface area contributed by atoms with Crippen LogP contribution in [-0.2, 0) is 6.61 Å². The molecule has 0 atom stereocenters. The quantitative estimate of drug-likeness (QED) is 0.883. The summed E-state index contributed by atoms with van der Waals surface area (Å²) in [4.78, 5) is 8.14. The van der Waals surface area contributed by atoms with Crippen LogP contribution in [0.3, 0.4) is 0 Å². The van der Waals surface area contributed by atoms with Gasteiger partial charge in [0.15, 0.2) is 5.82 Å². The van der Waals surface area contributed by atoms with Gasteiger partial charge in [-0.15, -0.1) is 0 Å². The summed E-state index contributed by atoms with van der Waals surface area (Å²) in [5, 5.41) is 8.90. The van der Waals surface area contributed by atoms with E-state index in [4.69, 9.17) is 5.11 Å². The third-order valence-corrected chi connectivity index (χ3v) is 2.39. The van der Waals surface area contributed by atoms with Crippen molar-refractivity contribution in [2.24, 2.45) is 0 Å². The Hall–Kier alpha value is -1.20. The molecule has 2 heterocycles. The molecule has 0 aliphatic rings. The highest BCUT2D eigenvalue weighted by atomic mass is 79.9. The molecule has 0 amide bonds. The van der Waals surface area contributed by atoms with Gasteiger partial charge in [0, 0.05) is 18.6 Å². The molecule has 0 bridgehead atoms. The van der Waals surface area contributed by atoms with Gasteiger partial charge in [-0.25, -0.2) is 9.97 Å². The molecular weight excluding hydrogens is 246 g/mol. The van der Waals surface area contributed by atoms with Crippen molar-refractivity contribution >= 4 is 15.9 Å². The first kappa shape index (κ1) is 9.36. The van der Waals surface area contributed by atoms with Gasteiger partial charge in [0.25, 0.3) is 0 Å². The normalized spacial score (nSPS) is 10.4. The van der Waals surface area contributed by atoms with Crippen LogP contribution in [0.1, 0.15) is 5.56 Å². The first-order chi connectivity index (χ1) is 6.81. The lowest BCUT2D eigenvalue weighted by Crippen LogP contribution is -1.97. The molecule has 0 aliphatic carbocycles. The Bertz CT molecular complexity index is 428. The lowest BCUT2D eigenvalue weighted by Gasteiger charge is -2.04. The first-order valence-corrected chi connectivity index (χ1v) is 4.84. The number of aromatic nitrogens is 3. The third kappa shape index (κ3) is 1.69. The minimum absolute atomic E-state index is 0.00416. The largest absolute Gasteiger partial charge is 0.392 e. The maximum Gasteiger partial charge on any atom is 0.152 e. The molecule has 0 unspecified atom stereocenters. The first-order valence-electron chi connectivity index (χ1n) is 4.05. The predicted molar refractivity (Wildman–Crippen MR) is 55.0 cm³/mol. The van der Waals surface area contributed by atoms with Crippen LogP contribution < -0.4 is 0 Å². The van der Waals surface area contributed by atoms with E-state index in [2.05, 4.69) is 25.9 Å². The second-order valence-electron chi connectivity index (χ2n) is 2.78. The predicted octanol–water partition coefficient (Wildman–Crippen LogP) is 1.52. The SMILES string of the molecule is OCc1cnc(-n2ccnc2)c(Br)c1. The van der Waals surface area contributed by atoms with Crippen molar-refractivity contribution in [3.8, 4) is 5.82 Å². The second-order valence-corrected chi connectivity index (χ2v) is 3.63. The van der Waals surface area contributed by atoms with Crippen LogP contribution in [-0.4, -0.2) is 19.6 Å². The molecule has 0 radical (unpaired) electrons. The summed E-state index contributed by atoms with van der Waals surface area (Å²) in [7, 11) is 0. The molecule has 5 heteroatoms. The Labute approximate surface area is 89.4 Å².